The van der Waals surface area contributed by atoms with E-state index >= 15 is 0 Å². The van der Waals surface area contributed by atoms with Gasteiger partial charge in [-0.1, -0.05) is 25.1 Å². The molecule has 0 unspecified atom stereocenters. The second-order valence-electron chi connectivity index (χ2n) is 6.32. The van der Waals surface area contributed by atoms with E-state index in [4.69, 9.17) is 9.47 Å². The molecule has 2 rings (SSSR count). The molecule has 0 spiro atoms. The molecule has 0 aliphatic carbocycles. The van der Waals surface area contributed by atoms with Crippen molar-refractivity contribution in [2.75, 3.05) is 26.1 Å². The quantitative estimate of drug-likeness (QED) is 0.646. The summed E-state index contributed by atoms with van der Waals surface area (Å²) in [5.74, 6) is 0.735. The number of ether oxygens (including phenoxy) is 2. The maximum Gasteiger partial charge on any atom is 0.255 e. The number of hydrogen-bond acceptors (Lipinski definition) is 4. The average Bonchev–Trinajstić information content (AvgIpc) is 2.67. The predicted molar refractivity (Wildman–Crippen MR) is 113 cm³/mol. The van der Waals surface area contributed by atoms with Crippen LogP contribution in [-0.2, 0) is 11.3 Å². The van der Waals surface area contributed by atoms with Crippen molar-refractivity contribution >= 4 is 33.4 Å². The van der Waals surface area contributed by atoms with E-state index < -0.39 is 0 Å². The maximum atomic E-state index is 12.8. The summed E-state index contributed by atoms with van der Waals surface area (Å²) in [6.07, 6.45) is 0.864. The van der Waals surface area contributed by atoms with Crippen molar-refractivity contribution in [2.24, 2.45) is 0 Å². The highest BCUT2D eigenvalue weighted by Crippen LogP contribution is 2.37. The molecule has 0 heterocycles. The van der Waals surface area contributed by atoms with E-state index in [0.717, 1.165) is 12.0 Å². The first-order valence-corrected chi connectivity index (χ1v) is 9.78. The van der Waals surface area contributed by atoms with E-state index in [2.05, 4.69) is 21.2 Å². The van der Waals surface area contributed by atoms with Gasteiger partial charge < -0.3 is 19.7 Å². The Kier molecular flexibility index (Phi) is 7.87. The first kappa shape index (κ1) is 21.8. The van der Waals surface area contributed by atoms with Gasteiger partial charge in [-0.3, -0.25) is 9.59 Å². The maximum absolute atomic E-state index is 12.8. The van der Waals surface area contributed by atoms with Gasteiger partial charge in [0.25, 0.3) is 5.91 Å². The number of anilines is 1. The third-order valence-corrected chi connectivity index (χ3v) is 4.74. The Bertz CT molecular complexity index is 854. The van der Waals surface area contributed by atoms with Crippen LogP contribution in [0.25, 0.3) is 0 Å². The summed E-state index contributed by atoms with van der Waals surface area (Å²) in [6.45, 7) is 4.48. The molecule has 0 bridgehead atoms. The van der Waals surface area contributed by atoms with Crippen LogP contribution in [0.1, 0.15) is 36.2 Å². The van der Waals surface area contributed by atoms with Crippen molar-refractivity contribution in [3.63, 3.8) is 0 Å². The number of halogens is 1. The van der Waals surface area contributed by atoms with Gasteiger partial charge in [0, 0.05) is 31.8 Å². The molecule has 0 saturated carbocycles. The largest absolute Gasteiger partial charge is 0.493 e. The molecule has 0 atom stereocenters. The van der Waals surface area contributed by atoms with Gasteiger partial charge in [0.2, 0.25) is 5.91 Å². The molecule has 0 radical (unpaired) electrons. The Morgan fingerprint density at radius 3 is 2.57 bits per heavy atom. The minimum absolute atomic E-state index is 0.0440. The van der Waals surface area contributed by atoms with Crippen LogP contribution in [0.4, 0.5) is 5.69 Å². The van der Waals surface area contributed by atoms with Crippen LogP contribution in [0.15, 0.2) is 40.9 Å². The number of para-hydroxylation sites is 1. The summed E-state index contributed by atoms with van der Waals surface area (Å²) in [7, 11) is 3.26. The minimum Gasteiger partial charge on any atom is -0.493 e. The summed E-state index contributed by atoms with van der Waals surface area (Å²) in [4.78, 5) is 25.9. The first-order chi connectivity index (χ1) is 13.4. The number of carbonyl (C=O) groups is 2. The topological polar surface area (TPSA) is 67.9 Å². The van der Waals surface area contributed by atoms with Crippen LogP contribution < -0.4 is 14.8 Å². The number of nitrogens with zero attached hydrogens (tertiary/aromatic N) is 1. The second-order valence-corrected chi connectivity index (χ2v) is 7.18. The van der Waals surface area contributed by atoms with Crippen LogP contribution >= 0.6 is 15.9 Å². The Morgan fingerprint density at radius 2 is 1.93 bits per heavy atom. The van der Waals surface area contributed by atoms with Gasteiger partial charge in [-0.15, -0.1) is 0 Å². The van der Waals surface area contributed by atoms with E-state index in [9.17, 15) is 9.59 Å². The number of amides is 2. The standard InChI is InChI=1S/C21H25BrN2O4/c1-5-10-28-20-17(22)11-16(12-19(20)27-4)21(26)23-18-9-7-6-8-15(18)13-24(3)14(2)25/h6-9,11-12H,5,10,13H2,1-4H3,(H,23,26). The highest BCUT2D eigenvalue weighted by molar-refractivity contribution is 9.10. The summed E-state index contributed by atoms with van der Waals surface area (Å²) in [5, 5.41) is 2.92. The van der Waals surface area contributed by atoms with E-state index in [1.165, 1.54) is 14.0 Å². The number of hydrogen-bond donors (Lipinski definition) is 1. The number of nitrogens with one attached hydrogen (secondary N) is 1. The minimum atomic E-state index is -0.279. The molecular weight excluding hydrogens is 424 g/mol. The van der Waals surface area contributed by atoms with Crippen LogP contribution in [0.5, 0.6) is 11.5 Å². The molecule has 2 amide bonds. The van der Waals surface area contributed by atoms with Crippen LogP contribution in [-0.4, -0.2) is 37.5 Å². The molecule has 150 valence electrons. The lowest BCUT2D eigenvalue weighted by atomic mass is 10.1. The highest BCUT2D eigenvalue weighted by Gasteiger charge is 2.17. The fraction of sp³-hybridized carbons (Fsp3) is 0.333. The van der Waals surface area contributed by atoms with E-state index in [1.807, 2.05) is 31.2 Å². The molecule has 0 aliphatic heterocycles. The van der Waals surface area contributed by atoms with Crippen molar-refractivity contribution in [3.05, 3.63) is 52.0 Å². The number of methoxy groups -OCH3 is 1. The van der Waals surface area contributed by atoms with Gasteiger partial charge >= 0.3 is 0 Å². The molecule has 0 aromatic heterocycles. The van der Waals surface area contributed by atoms with Crippen molar-refractivity contribution in [1.29, 1.82) is 0 Å². The van der Waals surface area contributed by atoms with Crippen molar-refractivity contribution in [2.45, 2.75) is 26.8 Å². The Hall–Kier alpha value is -2.54. The normalized spacial score (nSPS) is 10.3. The van der Waals surface area contributed by atoms with Crippen molar-refractivity contribution < 1.29 is 19.1 Å². The monoisotopic (exact) mass is 448 g/mol. The molecule has 7 heteroatoms. The zero-order chi connectivity index (χ0) is 20.7. The Balaban J connectivity index is 2.26. The molecule has 2 aromatic rings. The molecule has 0 fully saturated rings. The molecule has 0 aliphatic rings. The lowest BCUT2D eigenvalue weighted by Gasteiger charge is -2.18. The third-order valence-electron chi connectivity index (χ3n) is 4.15. The number of benzene rings is 2. The Morgan fingerprint density at radius 1 is 1.21 bits per heavy atom. The lowest BCUT2D eigenvalue weighted by molar-refractivity contribution is -0.128. The van der Waals surface area contributed by atoms with Crippen molar-refractivity contribution in [1.82, 2.24) is 4.90 Å². The number of carbonyl (C=O) groups excluding carboxylic acids is 2. The van der Waals surface area contributed by atoms with Gasteiger partial charge in [-0.25, -0.2) is 0 Å². The Labute approximate surface area is 174 Å². The van der Waals surface area contributed by atoms with Crippen LogP contribution in [0.2, 0.25) is 0 Å². The van der Waals surface area contributed by atoms with E-state index in [1.54, 1.807) is 24.1 Å². The van der Waals surface area contributed by atoms with Crippen LogP contribution in [0, 0.1) is 0 Å². The zero-order valence-corrected chi connectivity index (χ0v) is 18.1. The summed E-state index contributed by atoms with van der Waals surface area (Å²) in [5.41, 5.74) is 1.94. The molecule has 0 saturated heterocycles. The van der Waals surface area contributed by atoms with Gasteiger partial charge in [0.05, 0.1) is 18.2 Å². The molecule has 28 heavy (non-hydrogen) atoms. The summed E-state index contributed by atoms with van der Waals surface area (Å²) < 4.78 is 11.7. The van der Waals surface area contributed by atoms with Gasteiger partial charge in [-0.2, -0.15) is 0 Å². The van der Waals surface area contributed by atoms with Gasteiger partial charge in [0.15, 0.2) is 11.5 Å². The number of rotatable bonds is 8. The summed E-state index contributed by atoms with van der Waals surface area (Å²) >= 11 is 3.46. The average molecular weight is 449 g/mol. The van der Waals surface area contributed by atoms with Crippen molar-refractivity contribution in [3.8, 4) is 11.5 Å². The van der Waals surface area contributed by atoms with Crippen LogP contribution in [0.3, 0.4) is 0 Å². The zero-order valence-electron chi connectivity index (χ0n) is 16.5. The smallest absolute Gasteiger partial charge is 0.255 e. The highest BCUT2D eigenvalue weighted by atomic mass is 79.9. The fourth-order valence-electron chi connectivity index (χ4n) is 2.54. The molecule has 2 aromatic carbocycles. The predicted octanol–water partition coefficient (Wildman–Crippen LogP) is 4.48. The molecule has 1 N–H and O–H groups in total. The van der Waals surface area contributed by atoms with E-state index in [0.29, 0.717) is 40.4 Å². The summed E-state index contributed by atoms with van der Waals surface area (Å²) in [6, 6.07) is 10.8. The van der Waals surface area contributed by atoms with E-state index in [-0.39, 0.29) is 11.8 Å². The van der Waals surface area contributed by atoms with Gasteiger partial charge in [-0.05, 0) is 46.1 Å². The fourth-order valence-corrected chi connectivity index (χ4v) is 3.09. The van der Waals surface area contributed by atoms with Gasteiger partial charge in [0.1, 0.15) is 0 Å². The third kappa shape index (κ3) is 5.48. The second kappa shape index (κ2) is 10.1. The lowest BCUT2D eigenvalue weighted by Crippen LogP contribution is -2.24. The first-order valence-electron chi connectivity index (χ1n) is 8.98. The molecular formula is C21H25BrN2O4. The molecule has 6 nitrogen and oxygen atoms in total. The SMILES string of the molecule is CCCOc1c(Br)cc(C(=O)Nc2ccccc2CN(C)C(C)=O)cc1OC.